The van der Waals surface area contributed by atoms with Crippen LogP contribution in [0.25, 0.3) is 21.8 Å². The summed E-state index contributed by atoms with van der Waals surface area (Å²) in [5, 5.41) is 0. The second-order valence-electron chi connectivity index (χ2n) is 7.12. The number of hydrogen-bond donors (Lipinski definition) is 0. The average Bonchev–Trinajstić information content (AvgIpc) is 3.23. The van der Waals surface area contributed by atoms with Gasteiger partial charge in [-0.1, -0.05) is 60.7 Å². The van der Waals surface area contributed by atoms with E-state index >= 15 is 0 Å². The molecule has 0 bridgehead atoms. The van der Waals surface area contributed by atoms with Crippen molar-refractivity contribution >= 4 is 11.3 Å². The highest BCUT2D eigenvalue weighted by Crippen LogP contribution is 2.30. The molecule has 1 aliphatic heterocycles. The molecule has 0 aliphatic carbocycles. The molecule has 0 saturated heterocycles. The van der Waals surface area contributed by atoms with Gasteiger partial charge in [0.15, 0.2) is 5.82 Å². The molecule has 1 aliphatic rings. The van der Waals surface area contributed by atoms with Crippen LogP contribution in [-0.2, 0) is 19.5 Å². The summed E-state index contributed by atoms with van der Waals surface area (Å²) in [4.78, 5) is 14.7. The third-order valence-corrected chi connectivity index (χ3v) is 6.28. The molecule has 2 aromatic carbocycles. The molecular formula is C24H21N3S. The lowest BCUT2D eigenvalue weighted by Crippen LogP contribution is -2.30. The summed E-state index contributed by atoms with van der Waals surface area (Å²) in [6.45, 7) is 2.91. The molecule has 0 atom stereocenters. The maximum atomic E-state index is 4.88. The first-order chi connectivity index (χ1) is 13.8. The number of thiophene rings is 1. The van der Waals surface area contributed by atoms with Crippen LogP contribution >= 0.6 is 11.3 Å². The van der Waals surface area contributed by atoms with E-state index in [-0.39, 0.29) is 0 Å². The fraction of sp³-hybridized carbons (Fsp3) is 0.167. The first kappa shape index (κ1) is 17.3. The van der Waals surface area contributed by atoms with Crippen molar-refractivity contribution in [2.75, 3.05) is 6.54 Å². The van der Waals surface area contributed by atoms with Crippen molar-refractivity contribution in [2.45, 2.75) is 19.5 Å². The molecule has 0 N–H and O–H groups in total. The van der Waals surface area contributed by atoms with E-state index in [1.807, 2.05) is 35.7 Å². The lowest BCUT2D eigenvalue weighted by atomic mass is 10.1. The number of nitrogens with zero attached hydrogens (tertiary/aromatic N) is 3. The second-order valence-corrected chi connectivity index (χ2v) is 8.29. The third kappa shape index (κ3) is 3.61. The van der Waals surface area contributed by atoms with E-state index in [9.17, 15) is 0 Å². The van der Waals surface area contributed by atoms with E-state index in [1.54, 1.807) is 0 Å². The van der Waals surface area contributed by atoms with Gasteiger partial charge in [-0.25, -0.2) is 9.97 Å². The molecule has 3 heterocycles. The van der Waals surface area contributed by atoms with Crippen molar-refractivity contribution in [3.63, 3.8) is 0 Å². The molecule has 138 valence electrons. The Hall–Kier alpha value is -2.82. The van der Waals surface area contributed by atoms with E-state index in [0.29, 0.717) is 0 Å². The average molecular weight is 384 g/mol. The molecule has 0 radical (unpaired) electrons. The van der Waals surface area contributed by atoms with Crippen LogP contribution in [0.15, 0.2) is 79.0 Å². The highest BCUT2D eigenvalue weighted by Gasteiger charge is 2.19. The molecule has 3 nitrogen and oxygen atoms in total. The molecule has 28 heavy (non-hydrogen) atoms. The zero-order valence-electron chi connectivity index (χ0n) is 15.6. The summed E-state index contributed by atoms with van der Waals surface area (Å²) in [5.74, 6) is 0.823. The molecule has 0 saturated carbocycles. The van der Waals surface area contributed by atoms with Gasteiger partial charge >= 0.3 is 0 Å². The summed E-state index contributed by atoms with van der Waals surface area (Å²) in [6, 6.07) is 25.3. The van der Waals surface area contributed by atoms with Gasteiger partial charge in [-0.2, -0.15) is 0 Å². The topological polar surface area (TPSA) is 29.0 Å². The summed E-state index contributed by atoms with van der Waals surface area (Å²) in [6.07, 6.45) is 3.03. The Morgan fingerprint density at radius 3 is 2.39 bits per heavy atom. The number of benzene rings is 2. The predicted molar refractivity (Wildman–Crippen MR) is 115 cm³/mol. The zero-order chi connectivity index (χ0) is 18.8. The molecule has 4 aromatic rings. The zero-order valence-corrected chi connectivity index (χ0v) is 16.4. The summed E-state index contributed by atoms with van der Waals surface area (Å²) in [5.41, 5.74) is 4.82. The van der Waals surface area contributed by atoms with E-state index in [1.165, 1.54) is 26.6 Å². The molecule has 0 unspecified atom stereocenters. The number of hydrogen-bond acceptors (Lipinski definition) is 4. The Labute approximate surface area is 169 Å². The summed E-state index contributed by atoms with van der Waals surface area (Å²) in [7, 11) is 0. The molecular weight excluding hydrogens is 362 g/mol. The quantitative estimate of drug-likeness (QED) is 0.470. The van der Waals surface area contributed by atoms with Gasteiger partial charge in [0.1, 0.15) is 0 Å². The Morgan fingerprint density at radius 1 is 0.857 bits per heavy atom. The Balaban J connectivity index is 1.33. The lowest BCUT2D eigenvalue weighted by molar-refractivity contribution is 0.243. The van der Waals surface area contributed by atoms with Gasteiger partial charge in [0.05, 0.1) is 5.69 Å². The van der Waals surface area contributed by atoms with Crippen molar-refractivity contribution in [2.24, 2.45) is 0 Å². The van der Waals surface area contributed by atoms with Crippen LogP contribution in [0.2, 0.25) is 0 Å². The molecule has 4 heteroatoms. The van der Waals surface area contributed by atoms with Crippen LogP contribution < -0.4 is 0 Å². The SMILES string of the molecule is c1ccc(-c2ncc3c(n2)CN(Cc2ccc(-c4ccccc4)s2)CC3)cc1. The first-order valence-electron chi connectivity index (χ1n) is 9.62. The van der Waals surface area contributed by atoms with Gasteiger partial charge in [0.2, 0.25) is 0 Å². The van der Waals surface area contributed by atoms with E-state index in [2.05, 4.69) is 64.5 Å². The third-order valence-electron chi connectivity index (χ3n) is 5.16. The number of aromatic nitrogens is 2. The van der Waals surface area contributed by atoms with Gasteiger partial charge < -0.3 is 0 Å². The maximum Gasteiger partial charge on any atom is 0.159 e. The highest BCUT2D eigenvalue weighted by molar-refractivity contribution is 7.15. The molecule has 2 aromatic heterocycles. The lowest BCUT2D eigenvalue weighted by Gasteiger charge is -2.27. The van der Waals surface area contributed by atoms with E-state index < -0.39 is 0 Å². The molecule has 0 fully saturated rings. The van der Waals surface area contributed by atoms with Crippen molar-refractivity contribution in [1.82, 2.24) is 14.9 Å². The molecule has 5 rings (SSSR count). The summed E-state index contributed by atoms with van der Waals surface area (Å²) >= 11 is 1.89. The maximum absolute atomic E-state index is 4.88. The minimum absolute atomic E-state index is 0.823. The van der Waals surface area contributed by atoms with Crippen LogP contribution in [0.3, 0.4) is 0 Å². The van der Waals surface area contributed by atoms with Crippen molar-refractivity contribution in [3.8, 4) is 21.8 Å². The van der Waals surface area contributed by atoms with Gasteiger partial charge in [-0.05, 0) is 29.7 Å². The fourth-order valence-electron chi connectivity index (χ4n) is 3.66. The van der Waals surface area contributed by atoms with E-state index in [0.717, 1.165) is 37.4 Å². The fourth-order valence-corrected chi connectivity index (χ4v) is 4.72. The Kier molecular flexibility index (Phi) is 4.73. The van der Waals surface area contributed by atoms with Crippen molar-refractivity contribution in [3.05, 3.63) is 95.1 Å². The van der Waals surface area contributed by atoms with Crippen LogP contribution in [0, 0.1) is 0 Å². The van der Waals surface area contributed by atoms with Crippen molar-refractivity contribution < 1.29 is 0 Å². The van der Waals surface area contributed by atoms with Crippen molar-refractivity contribution in [1.29, 1.82) is 0 Å². The molecule has 0 amide bonds. The second kappa shape index (κ2) is 7.66. The predicted octanol–water partition coefficient (Wildman–Crippen LogP) is 5.43. The van der Waals surface area contributed by atoms with Gasteiger partial charge in [-0.15, -0.1) is 11.3 Å². The normalized spacial score (nSPS) is 14.0. The van der Waals surface area contributed by atoms with Crippen LogP contribution in [0.4, 0.5) is 0 Å². The first-order valence-corrected chi connectivity index (χ1v) is 10.4. The van der Waals surface area contributed by atoms with Crippen LogP contribution in [0.5, 0.6) is 0 Å². The Bertz CT molecular complexity index is 1070. The largest absolute Gasteiger partial charge is 0.292 e. The monoisotopic (exact) mass is 383 g/mol. The van der Waals surface area contributed by atoms with Crippen LogP contribution in [0.1, 0.15) is 16.1 Å². The highest BCUT2D eigenvalue weighted by atomic mass is 32.1. The van der Waals surface area contributed by atoms with Gasteiger partial charge in [-0.3, -0.25) is 4.90 Å². The minimum Gasteiger partial charge on any atom is -0.292 e. The van der Waals surface area contributed by atoms with Gasteiger partial charge in [0.25, 0.3) is 0 Å². The van der Waals surface area contributed by atoms with Gasteiger partial charge in [0, 0.05) is 41.1 Å². The summed E-state index contributed by atoms with van der Waals surface area (Å²) < 4.78 is 0. The Morgan fingerprint density at radius 2 is 1.61 bits per heavy atom. The number of rotatable bonds is 4. The smallest absolute Gasteiger partial charge is 0.159 e. The minimum atomic E-state index is 0.823. The molecule has 0 spiro atoms. The van der Waals surface area contributed by atoms with Crippen LogP contribution in [-0.4, -0.2) is 21.4 Å². The standard InChI is InChI=1S/C24H21N3S/c1-3-7-18(8-4-1)23-12-11-21(28-23)16-27-14-13-20-15-25-24(26-22(20)17-27)19-9-5-2-6-10-19/h1-12,15H,13-14,16-17H2. The van der Waals surface area contributed by atoms with E-state index in [4.69, 9.17) is 4.98 Å². The number of fused-ring (bicyclic) bond motifs is 1.